The molecule has 1 aromatic carbocycles. The number of hydrogen-bond donors (Lipinski definition) is 0. The van der Waals surface area contributed by atoms with Crippen LogP contribution in [0.25, 0.3) is 0 Å². The molecule has 0 radical (unpaired) electrons. The van der Waals surface area contributed by atoms with Crippen LogP contribution in [0, 0.1) is 11.8 Å². The molecule has 2 atom stereocenters. The van der Waals surface area contributed by atoms with Crippen LogP contribution in [0.15, 0.2) is 42.5 Å². The van der Waals surface area contributed by atoms with Crippen molar-refractivity contribution in [1.29, 1.82) is 0 Å². The van der Waals surface area contributed by atoms with Crippen molar-refractivity contribution in [2.24, 2.45) is 11.8 Å². The van der Waals surface area contributed by atoms with Gasteiger partial charge in [0.2, 0.25) is 0 Å². The van der Waals surface area contributed by atoms with E-state index < -0.39 is 0 Å². The molecule has 0 heterocycles. The second-order valence-corrected chi connectivity index (χ2v) is 6.71. The zero-order valence-electron chi connectivity index (χ0n) is 14.0. The molecule has 1 heteroatoms. The van der Waals surface area contributed by atoms with E-state index in [4.69, 9.17) is 0 Å². The summed E-state index contributed by atoms with van der Waals surface area (Å²) in [6.45, 7) is 6.67. The number of rotatable bonds is 6. The highest BCUT2D eigenvalue weighted by molar-refractivity contribution is 5.96. The lowest BCUT2D eigenvalue weighted by molar-refractivity contribution is 0.0981. The molecule has 2 rings (SSSR count). The fraction of sp³-hybridized carbons (Fsp3) is 0.571. The van der Waals surface area contributed by atoms with E-state index in [1.807, 2.05) is 30.3 Å². The summed E-state index contributed by atoms with van der Waals surface area (Å²) < 4.78 is 0. The highest BCUT2D eigenvalue weighted by Gasteiger charge is 2.23. The normalized spacial score (nSPS) is 22.6. The van der Waals surface area contributed by atoms with Crippen molar-refractivity contribution in [3.05, 3.63) is 48.0 Å². The molecule has 0 amide bonds. The summed E-state index contributed by atoms with van der Waals surface area (Å²) in [6, 6.07) is 9.65. The molecule has 0 unspecified atom stereocenters. The first-order chi connectivity index (χ1) is 10.7. The van der Waals surface area contributed by atoms with E-state index in [0.717, 1.165) is 17.9 Å². The first-order valence-electron chi connectivity index (χ1n) is 8.98. The molecule has 1 aliphatic rings. The minimum atomic E-state index is 0.251. The van der Waals surface area contributed by atoms with Gasteiger partial charge < -0.3 is 0 Å². The molecule has 0 saturated heterocycles. The van der Waals surface area contributed by atoms with Crippen LogP contribution in [-0.2, 0) is 0 Å². The highest BCUT2D eigenvalue weighted by Crippen LogP contribution is 2.36. The van der Waals surface area contributed by atoms with Crippen molar-refractivity contribution < 1.29 is 4.79 Å². The molecule has 1 saturated carbocycles. The number of ketones is 1. The molecule has 0 aliphatic heterocycles. The van der Waals surface area contributed by atoms with Gasteiger partial charge in [-0.05, 0) is 31.1 Å². The van der Waals surface area contributed by atoms with Crippen molar-refractivity contribution in [3.8, 4) is 0 Å². The van der Waals surface area contributed by atoms with Crippen LogP contribution in [0.3, 0.4) is 0 Å². The Balaban J connectivity index is 1.90. The molecule has 0 N–H and O–H groups in total. The van der Waals surface area contributed by atoms with Crippen molar-refractivity contribution in [2.45, 2.75) is 64.7 Å². The SMILES string of the molecule is C=C(CCC(=O)c1ccccc1)[C@@H]1CCCCCC[C@@H]1CC. The van der Waals surface area contributed by atoms with Crippen LogP contribution < -0.4 is 0 Å². The van der Waals surface area contributed by atoms with Gasteiger partial charge in [0, 0.05) is 12.0 Å². The molecule has 1 nitrogen and oxygen atoms in total. The largest absolute Gasteiger partial charge is 0.294 e. The zero-order chi connectivity index (χ0) is 15.8. The monoisotopic (exact) mass is 298 g/mol. The number of Topliss-reactive ketones (excluding diaryl/α,β-unsaturated/α-hetero) is 1. The lowest BCUT2D eigenvalue weighted by Crippen LogP contribution is -2.18. The van der Waals surface area contributed by atoms with Gasteiger partial charge in [-0.25, -0.2) is 0 Å². The average Bonchev–Trinajstić information content (AvgIpc) is 2.53. The van der Waals surface area contributed by atoms with Crippen LogP contribution in [-0.4, -0.2) is 5.78 Å². The summed E-state index contributed by atoms with van der Waals surface area (Å²) in [5.74, 6) is 1.66. The average molecular weight is 298 g/mol. The molecular weight excluding hydrogens is 268 g/mol. The fourth-order valence-electron chi connectivity index (χ4n) is 3.82. The lowest BCUT2D eigenvalue weighted by atomic mass is 9.75. The third kappa shape index (κ3) is 4.83. The standard InChI is InChI=1S/C21H30O/c1-3-18-11-7-4-5-10-14-20(18)17(2)15-16-21(22)19-12-8-6-9-13-19/h6,8-9,12-13,18,20H,2-5,7,10-11,14-16H2,1H3/t18-,20-/m0/s1. The molecule has 22 heavy (non-hydrogen) atoms. The van der Waals surface area contributed by atoms with Gasteiger partial charge in [-0.15, -0.1) is 0 Å². The molecular formula is C21H30O. The van der Waals surface area contributed by atoms with Gasteiger partial charge in [0.1, 0.15) is 0 Å². The predicted molar refractivity (Wildman–Crippen MR) is 94.1 cm³/mol. The Bertz CT molecular complexity index is 474. The summed E-state index contributed by atoms with van der Waals surface area (Å²) in [6.07, 6.45) is 10.8. The Morgan fingerprint density at radius 2 is 1.73 bits per heavy atom. The lowest BCUT2D eigenvalue weighted by Gasteiger charge is -2.30. The van der Waals surface area contributed by atoms with Crippen LogP contribution >= 0.6 is 0 Å². The van der Waals surface area contributed by atoms with E-state index in [0.29, 0.717) is 12.3 Å². The Morgan fingerprint density at radius 3 is 2.41 bits per heavy atom. The highest BCUT2D eigenvalue weighted by atomic mass is 16.1. The molecule has 0 spiro atoms. The molecule has 0 bridgehead atoms. The minimum Gasteiger partial charge on any atom is -0.294 e. The van der Waals surface area contributed by atoms with E-state index in [2.05, 4.69) is 13.5 Å². The first-order valence-corrected chi connectivity index (χ1v) is 8.98. The maximum Gasteiger partial charge on any atom is 0.163 e. The van der Waals surface area contributed by atoms with Gasteiger partial charge in [0.05, 0.1) is 0 Å². The first kappa shape index (κ1) is 17.0. The summed E-state index contributed by atoms with van der Waals surface area (Å²) in [5, 5.41) is 0. The van der Waals surface area contributed by atoms with Gasteiger partial charge in [-0.2, -0.15) is 0 Å². The number of carbonyl (C=O) groups is 1. The smallest absolute Gasteiger partial charge is 0.163 e. The van der Waals surface area contributed by atoms with E-state index in [-0.39, 0.29) is 5.78 Å². The predicted octanol–water partition coefficient (Wildman–Crippen LogP) is 6.20. The second-order valence-electron chi connectivity index (χ2n) is 6.71. The molecule has 1 fully saturated rings. The third-order valence-electron chi connectivity index (χ3n) is 5.23. The molecule has 0 aromatic heterocycles. The van der Waals surface area contributed by atoms with E-state index in [9.17, 15) is 4.79 Å². The summed E-state index contributed by atoms with van der Waals surface area (Å²) in [7, 11) is 0. The maximum atomic E-state index is 12.3. The quantitative estimate of drug-likeness (QED) is 0.451. The van der Waals surface area contributed by atoms with Crippen LogP contribution in [0.1, 0.15) is 75.1 Å². The van der Waals surface area contributed by atoms with Crippen molar-refractivity contribution >= 4 is 5.78 Å². The van der Waals surface area contributed by atoms with Crippen LogP contribution in [0.2, 0.25) is 0 Å². The Kier molecular flexibility index (Phi) is 6.89. The molecule has 120 valence electrons. The van der Waals surface area contributed by atoms with Crippen molar-refractivity contribution in [3.63, 3.8) is 0 Å². The van der Waals surface area contributed by atoms with Crippen LogP contribution in [0.5, 0.6) is 0 Å². The maximum absolute atomic E-state index is 12.3. The number of allylic oxidation sites excluding steroid dienone is 1. The summed E-state index contributed by atoms with van der Waals surface area (Å²) in [4.78, 5) is 12.3. The number of benzene rings is 1. The Hall–Kier alpha value is -1.37. The zero-order valence-corrected chi connectivity index (χ0v) is 14.0. The van der Waals surface area contributed by atoms with Crippen molar-refractivity contribution in [1.82, 2.24) is 0 Å². The van der Waals surface area contributed by atoms with Crippen molar-refractivity contribution in [2.75, 3.05) is 0 Å². The van der Waals surface area contributed by atoms with E-state index in [1.54, 1.807) is 0 Å². The summed E-state index contributed by atoms with van der Waals surface area (Å²) in [5.41, 5.74) is 2.15. The van der Waals surface area contributed by atoms with Gasteiger partial charge in [0.25, 0.3) is 0 Å². The van der Waals surface area contributed by atoms with Gasteiger partial charge in [-0.1, -0.05) is 81.5 Å². The van der Waals surface area contributed by atoms with E-state index >= 15 is 0 Å². The Morgan fingerprint density at radius 1 is 1.05 bits per heavy atom. The molecule has 1 aromatic rings. The summed E-state index contributed by atoms with van der Waals surface area (Å²) >= 11 is 0. The van der Waals surface area contributed by atoms with Crippen LogP contribution in [0.4, 0.5) is 0 Å². The number of hydrogen-bond acceptors (Lipinski definition) is 1. The minimum absolute atomic E-state index is 0.251. The second kappa shape index (κ2) is 8.92. The van der Waals surface area contributed by atoms with Gasteiger partial charge >= 0.3 is 0 Å². The molecule has 1 aliphatic carbocycles. The third-order valence-corrected chi connectivity index (χ3v) is 5.23. The van der Waals surface area contributed by atoms with E-state index in [1.165, 1.54) is 50.5 Å². The fourth-order valence-corrected chi connectivity index (χ4v) is 3.82. The topological polar surface area (TPSA) is 17.1 Å². The van der Waals surface area contributed by atoms with Gasteiger partial charge in [-0.3, -0.25) is 4.79 Å². The van der Waals surface area contributed by atoms with Gasteiger partial charge in [0.15, 0.2) is 5.78 Å². The Labute approximate surface area is 135 Å². The number of carbonyl (C=O) groups excluding carboxylic acids is 1.